The summed E-state index contributed by atoms with van der Waals surface area (Å²) in [6, 6.07) is 9.02. The van der Waals surface area contributed by atoms with Crippen molar-refractivity contribution >= 4 is 16.9 Å². The monoisotopic (exact) mass is 380 g/mol. The van der Waals surface area contributed by atoms with E-state index in [-0.39, 0.29) is 18.6 Å². The molecule has 0 bridgehead atoms. The van der Waals surface area contributed by atoms with Gasteiger partial charge in [0, 0.05) is 6.42 Å². The Morgan fingerprint density at radius 3 is 2.64 bits per heavy atom. The lowest BCUT2D eigenvalue weighted by Gasteiger charge is -2.12. The second-order valence-corrected chi connectivity index (χ2v) is 6.79. The predicted octanol–water partition coefficient (Wildman–Crippen LogP) is 4.08. The van der Waals surface area contributed by atoms with Gasteiger partial charge < -0.3 is 19.0 Å². The van der Waals surface area contributed by atoms with Crippen LogP contribution in [0.2, 0.25) is 0 Å². The number of aryl methyl sites for hydroxylation is 3. The van der Waals surface area contributed by atoms with E-state index in [1.165, 1.54) is 0 Å². The number of hydrogen-bond acceptors (Lipinski definition) is 5. The van der Waals surface area contributed by atoms with Gasteiger partial charge in [0.15, 0.2) is 11.5 Å². The average molecular weight is 380 g/mol. The zero-order chi connectivity index (χ0) is 19.8. The molecule has 0 saturated heterocycles. The summed E-state index contributed by atoms with van der Waals surface area (Å²) in [5.41, 5.74) is 3.43. The van der Waals surface area contributed by atoms with E-state index in [0.29, 0.717) is 52.2 Å². The minimum atomic E-state index is -0.849. The Bertz CT molecular complexity index is 1140. The Hall–Kier alpha value is -3.28. The minimum Gasteiger partial charge on any atom is -0.481 e. The standard InChI is InChI=1S/C22H20O6/c1-3-13-8-16-18(9-14(13)5-7-20(23)24)28-12(2)21(22(16)25)15-4-6-17-19(10-15)27-11-26-17/h4,6,8-10H,3,5,7,11H2,1-2H3,(H,23,24). The zero-order valence-corrected chi connectivity index (χ0v) is 15.7. The Morgan fingerprint density at radius 1 is 1.11 bits per heavy atom. The number of hydrogen-bond donors (Lipinski definition) is 1. The highest BCUT2D eigenvalue weighted by molar-refractivity contribution is 5.84. The molecule has 1 N–H and O–H groups in total. The molecule has 6 nitrogen and oxygen atoms in total. The van der Waals surface area contributed by atoms with Crippen molar-refractivity contribution in [3.63, 3.8) is 0 Å². The van der Waals surface area contributed by atoms with E-state index in [9.17, 15) is 9.59 Å². The van der Waals surface area contributed by atoms with Crippen LogP contribution in [-0.2, 0) is 17.6 Å². The first-order chi connectivity index (χ1) is 13.5. The molecule has 3 aromatic rings. The quantitative estimate of drug-likeness (QED) is 0.718. The third-order valence-electron chi connectivity index (χ3n) is 5.04. The number of benzene rings is 2. The zero-order valence-electron chi connectivity index (χ0n) is 15.7. The molecule has 28 heavy (non-hydrogen) atoms. The van der Waals surface area contributed by atoms with E-state index in [1.807, 2.05) is 19.1 Å². The molecule has 6 heteroatoms. The summed E-state index contributed by atoms with van der Waals surface area (Å²) in [7, 11) is 0. The maximum absolute atomic E-state index is 13.3. The second kappa shape index (κ2) is 7.03. The van der Waals surface area contributed by atoms with Gasteiger partial charge in [-0.25, -0.2) is 0 Å². The molecule has 2 aromatic carbocycles. The molecule has 1 aromatic heterocycles. The lowest BCUT2D eigenvalue weighted by atomic mass is 9.96. The van der Waals surface area contributed by atoms with Crippen molar-refractivity contribution in [3.05, 3.63) is 57.4 Å². The number of carbonyl (C=O) groups is 1. The smallest absolute Gasteiger partial charge is 0.303 e. The van der Waals surface area contributed by atoms with Gasteiger partial charge in [-0.2, -0.15) is 0 Å². The van der Waals surface area contributed by atoms with Crippen LogP contribution in [0.5, 0.6) is 11.5 Å². The topological polar surface area (TPSA) is 86.0 Å². The van der Waals surface area contributed by atoms with Crippen molar-refractivity contribution in [2.24, 2.45) is 0 Å². The van der Waals surface area contributed by atoms with Gasteiger partial charge in [-0.3, -0.25) is 9.59 Å². The van der Waals surface area contributed by atoms with Crippen LogP contribution in [0.4, 0.5) is 0 Å². The fourth-order valence-electron chi connectivity index (χ4n) is 3.63. The van der Waals surface area contributed by atoms with E-state index in [4.69, 9.17) is 19.0 Å². The van der Waals surface area contributed by atoms with Crippen LogP contribution in [0.25, 0.3) is 22.1 Å². The van der Waals surface area contributed by atoms with Crippen molar-refractivity contribution in [2.45, 2.75) is 33.1 Å². The predicted molar refractivity (Wildman–Crippen MR) is 104 cm³/mol. The van der Waals surface area contributed by atoms with E-state index in [0.717, 1.165) is 11.1 Å². The third-order valence-corrected chi connectivity index (χ3v) is 5.04. The molecule has 0 fully saturated rings. The molecular weight excluding hydrogens is 360 g/mol. The van der Waals surface area contributed by atoms with Crippen LogP contribution in [0.15, 0.2) is 39.5 Å². The lowest BCUT2D eigenvalue weighted by Crippen LogP contribution is -2.09. The first kappa shape index (κ1) is 18.1. The largest absolute Gasteiger partial charge is 0.481 e. The van der Waals surface area contributed by atoms with E-state index in [1.54, 1.807) is 25.1 Å². The van der Waals surface area contributed by atoms with Crippen LogP contribution in [0, 0.1) is 6.92 Å². The van der Waals surface area contributed by atoms with Gasteiger partial charge in [0.2, 0.25) is 12.2 Å². The highest BCUT2D eigenvalue weighted by Gasteiger charge is 2.19. The number of rotatable bonds is 5. The summed E-state index contributed by atoms with van der Waals surface area (Å²) in [6.07, 6.45) is 1.15. The lowest BCUT2D eigenvalue weighted by molar-refractivity contribution is -0.136. The van der Waals surface area contributed by atoms with Crippen molar-refractivity contribution in [1.29, 1.82) is 0 Å². The third kappa shape index (κ3) is 3.11. The molecule has 0 radical (unpaired) electrons. The molecular formula is C22H20O6. The van der Waals surface area contributed by atoms with Crippen LogP contribution >= 0.6 is 0 Å². The highest BCUT2D eigenvalue weighted by Crippen LogP contribution is 2.36. The van der Waals surface area contributed by atoms with Crippen molar-refractivity contribution in [1.82, 2.24) is 0 Å². The fourth-order valence-corrected chi connectivity index (χ4v) is 3.63. The van der Waals surface area contributed by atoms with Crippen molar-refractivity contribution in [2.75, 3.05) is 6.79 Å². The summed E-state index contributed by atoms with van der Waals surface area (Å²) < 4.78 is 16.7. The van der Waals surface area contributed by atoms with Crippen LogP contribution in [0.1, 0.15) is 30.2 Å². The molecule has 144 valence electrons. The van der Waals surface area contributed by atoms with E-state index < -0.39 is 5.97 Å². The number of aliphatic carboxylic acids is 1. The Morgan fingerprint density at radius 2 is 1.89 bits per heavy atom. The Kier molecular flexibility index (Phi) is 4.55. The van der Waals surface area contributed by atoms with Gasteiger partial charge in [0.05, 0.1) is 10.9 Å². The molecule has 0 aliphatic carbocycles. The Balaban J connectivity index is 1.87. The van der Waals surface area contributed by atoms with E-state index >= 15 is 0 Å². The molecule has 0 atom stereocenters. The van der Waals surface area contributed by atoms with Gasteiger partial charge >= 0.3 is 5.97 Å². The average Bonchev–Trinajstić information content (AvgIpc) is 3.13. The van der Waals surface area contributed by atoms with Gasteiger partial charge in [-0.05, 0) is 60.7 Å². The SMILES string of the molecule is CCc1cc2c(=O)c(-c3ccc4c(c3)OCO4)c(C)oc2cc1CCC(=O)O. The number of carboxylic acids is 1. The fraction of sp³-hybridized carbons (Fsp3) is 0.273. The Labute approximate surface area is 161 Å². The second-order valence-electron chi connectivity index (χ2n) is 6.79. The molecule has 0 unspecified atom stereocenters. The molecule has 4 rings (SSSR count). The normalized spacial score (nSPS) is 12.5. The summed E-state index contributed by atoms with van der Waals surface area (Å²) in [5, 5.41) is 9.47. The van der Waals surface area contributed by atoms with Gasteiger partial charge in [-0.1, -0.05) is 13.0 Å². The first-order valence-electron chi connectivity index (χ1n) is 9.19. The van der Waals surface area contributed by atoms with E-state index in [2.05, 4.69) is 0 Å². The molecule has 1 aliphatic heterocycles. The molecule has 0 spiro atoms. The number of carboxylic acid groups (broad SMARTS) is 1. The van der Waals surface area contributed by atoms with Crippen LogP contribution in [0.3, 0.4) is 0 Å². The van der Waals surface area contributed by atoms with Gasteiger partial charge in [0.25, 0.3) is 0 Å². The molecule has 0 saturated carbocycles. The first-order valence-corrected chi connectivity index (χ1v) is 9.19. The highest BCUT2D eigenvalue weighted by atomic mass is 16.7. The van der Waals surface area contributed by atoms with Crippen LogP contribution in [-0.4, -0.2) is 17.9 Å². The summed E-state index contributed by atoms with van der Waals surface area (Å²) in [5.74, 6) is 0.917. The van der Waals surface area contributed by atoms with Gasteiger partial charge in [-0.15, -0.1) is 0 Å². The maximum atomic E-state index is 13.3. The van der Waals surface area contributed by atoms with Gasteiger partial charge in [0.1, 0.15) is 11.3 Å². The van der Waals surface area contributed by atoms with Crippen LogP contribution < -0.4 is 14.9 Å². The number of ether oxygens (including phenoxy) is 2. The van der Waals surface area contributed by atoms with Crippen molar-refractivity contribution in [3.8, 4) is 22.6 Å². The number of fused-ring (bicyclic) bond motifs is 2. The van der Waals surface area contributed by atoms with Crippen molar-refractivity contribution < 1.29 is 23.8 Å². The maximum Gasteiger partial charge on any atom is 0.303 e. The summed E-state index contributed by atoms with van der Waals surface area (Å²) in [4.78, 5) is 24.2. The summed E-state index contributed by atoms with van der Waals surface area (Å²) >= 11 is 0. The molecule has 0 amide bonds. The molecule has 2 heterocycles. The minimum absolute atomic E-state index is 0.0387. The molecule has 1 aliphatic rings. The summed E-state index contributed by atoms with van der Waals surface area (Å²) in [6.45, 7) is 3.91.